The Hall–Kier alpha value is -3.40. The first-order valence-corrected chi connectivity index (χ1v) is 15.5. The second-order valence-electron chi connectivity index (χ2n) is 12.8. The molecule has 1 aromatic carbocycles. The molecular weight excluding hydrogens is 534 g/mol. The summed E-state index contributed by atoms with van der Waals surface area (Å²) in [5, 5.41) is 10.4. The summed E-state index contributed by atoms with van der Waals surface area (Å²) in [6, 6.07) is 5.86. The first kappa shape index (κ1) is 30.1. The maximum absolute atomic E-state index is 14.3. The van der Waals surface area contributed by atoms with Crippen LogP contribution in [0.25, 0.3) is 10.9 Å². The molecule has 3 saturated heterocycles. The first-order valence-electron chi connectivity index (χ1n) is 15.5. The molecule has 1 aromatic heterocycles. The Morgan fingerprint density at radius 3 is 2.60 bits per heavy atom. The third kappa shape index (κ3) is 6.97. The number of benzene rings is 1. The van der Waals surface area contributed by atoms with E-state index in [4.69, 9.17) is 4.74 Å². The quantitative estimate of drug-likeness (QED) is 0.433. The summed E-state index contributed by atoms with van der Waals surface area (Å²) in [5.74, 6) is -0.542. The normalized spacial score (nSPS) is 28.4. The average molecular weight is 580 g/mol. The molecule has 0 unspecified atom stereocenters. The van der Waals surface area contributed by atoms with Crippen molar-refractivity contribution in [1.29, 1.82) is 0 Å². The molecule has 3 fully saturated rings. The molecule has 4 heterocycles. The highest BCUT2D eigenvalue weighted by atomic mass is 16.5. The van der Waals surface area contributed by atoms with E-state index in [-0.39, 0.29) is 60.0 Å². The lowest BCUT2D eigenvalue weighted by molar-refractivity contribution is -0.141. The summed E-state index contributed by atoms with van der Waals surface area (Å²) in [7, 11) is 0. The molecule has 0 saturated carbocycles. The number of carbonyl (C=O) groups excluding carboxylic acids is 4. The van der Waals surface area contributed by atoms with Gasteiger partial charge in [-0.05, 0) is 55.6 Å². The van der Waals surface area contributed by atoms with Crippen LogP contribution >= 0.6 is 0 Å². The van der Waals surface area contributed by atoms with E-state index >= 15 is 0 Å². The minimum Gasteiger partial charge on any atom is -0.381 e. The number of rotatable bonds is 5. The summed E-state index contributed by atoms with van der Waals surface area (Å²) in [6.45, 7) is 7.53. The number of nitrogens with zero attached hydrogens (tertiary/aromatic N) is 1. The maximum Gasteiger partial charge on any atom is 0.246 e. The van der Waals surface area contributed by atoms with Gasteiger partial charge in [-0.15, -0.1) is 0 Å². The number of nitrogens with one attached hydrogen (secondary N) is 4. The number of fused-ring (bicyclic) bond motifs is 2. The molecule has 4 N–H and O–H groups in total. The van der Waals surface area contributed by atoms with Gasteiger partial charge in [-0.1, -0.05) is 39.0 Å². The molecule has 5 rings (SSSR count). The monoisotopic (exact) mass is 579 g/mol. The van der Waals surface area contributed by atoms with Gasteiger partial charge in [0, 0.05) is 67.7 Å². The summed E-state index contributed by atoms with van der Waals surface area (Å²) >= 11 is 0. The predicted molar refractivity (Wildman–Crippen MR) is 159 cm³/mol. The molecule has 0 aliphatic carbocycles. The second kappa shape index (κ2) is 13.3. The Labute approximate surface area is 247 Å². The van der Waals surface area contributed by atoms with Crippen LogP contribution in [0.3, 0.4) is 0 Å². The number of para-hydroxylation sites is 1. The van der Waals surface area contributed by atoms with Crippen LogP contribution in [-0.2, 0) is 30.3 Å². The fourth-order valence-corrected chi connectivity index (χ4v) is 6.62. The van der Waals surface area contributed by atoms with Crippen LogP contribution in [0.1, 0.15) is 64.9 Å². The molecule has 42 heavy (non-hydrogen) atoms. The standard InChI is InChI=1S/C32H45N5O5/c1-19(2)25-9-8-20(3)14-29(38)35-27(15-22-17-33-26-7-5-4-6-24(22)26)32(41)37-18-23(16-28(37)31(40)36-25)34-30(39)21-10-12-42-13-11-21/h4-7,17,19-21,23,25,27-28,33H,8-16,18H2,1-3H3,(H,34,39)(H,35,38)(H,36,40)/t20-,23-,25+,27-,28+/m1/s1. The number of H-pyrrole nitrogens is 1. The van der Waals surface area contributed by atoms with Crippen molar-refractivity contribution in [3.05, 3.63) is 36.0 Å². The first-order chi connectivity index (χ1) is 20.2. The molecular formula is C32H45N5O5. The predicted octanol–water partition coefficient (Wildman–Crippen LogP) is 2.67. The minimum atomic E-state index is -0.842. The molecule has 10 heteroatoms. The van der Waals surface area contributed by atoms with Gasteiger partial charge >= 0.3 is 0 Å². The molecule has 0 spiro atoms. The van der Waals surface area contributed by atoms with E-state index in [2.05, 4.69) is 34.8 Å². The van der Waals surface area contributed by atoms with Crippen molar-refractivity contribution in [1.82, 2.24) is 25.8 Å². The van der Waals surface area contributed by atoms with Crippen LogP contribution < -0.4 is 16.0 Å². The maximum atomic E-state index is 14.3. The molecule has 228 valence electrons. The number of carbonyl (C=O) groups is 4. The third-order valence-corrected chi connectivity index (χ3v) is 9.19. The fraction of sp³-hybridized carbons (Fsp3) is 0.625. The number of aromatic nitrogens is 1. The summed E-state index contributed by atoms with van der Waals surface area (Å²) < 4.78 is 5.41. The SMILES string of the molecule is CC(C)[C@@H]1CC[C@@H](C)CC(=O)N[C@H](Cc2c[nH]c3ccccc23)C(=O)N2C[C@H](NC(=O)C3CCOCC3)C[C@H]2C(=O)N1. The van der Waals surface area contributed by atoms with Crippen LogP contribution in [0.4, 0.5) is 0 Å². The molecule has 4 amide bonds. The minimum absolute atomic E-state index is 0.0520. The second-order valence-corrected chi connectivity index (χ2v) is 12.8. The highest BCUT2D eigenvalue weighted by molar-refractivity contribution is 5.94. The van der Waals surface area contributed by atoms with E-state index in [0.717, 1.165) is 29.3 Å². The van der Waals surface area contributed by atoms with E-state index in [1.165, 1.54) is 0 Å². The highest BCUT2D eigenvalue weighted by Crippen LogP contribution is 2.26. The number of hydrogen-bond acceptors (Lipinski definition) is 5. The van der Waals surface area contributed by atoms with Gasteiger partial charge in [-0.25, -0.2) is 0 Å². The van der Waals surface area contributed by atoms with E-state index in [1.54, 1.807) is 4.90 Å². The zero-order valence-corrected chi connectivity index (χ0v) is 25.0. The number of hydrogen-bond donors (Lipinski definition) is 4. The van der Waals surface area contributed by atoms with Crippen LogP contribution in [0.5, 0.6) is 0 Å². The zero-order chi connectivity index (χ0) is 29.8. The number of amides is 4. The molecule has 3 aliphatic rings. The van der Waals surface area contributed by atoms with Crippen LogP contribution in [0.2, 0.25) is 0 Å². The largest absolute Gasteiger partial charge is 0.381 e. The van der Waals surface area contributed by atoms with Crippen LogP contribution in [-0.4, -0.2) is 77.4 Å². The van der Waals surface area contributed by atoms with Gasteiger partial charge < -0.3 is 30.6 Å². The van der Waals surface area contributed by atoms with E-state index < -0.39 is 12.1 Å². The van der Waals surface area contributed by atoms with Crippen molar-refractivity contribution in [3.8, 4) is 0 Å². The Balaban J connectivity index is 1.43. The van der Waals surface area contributed by atoms with E-state index in [1.807, 2.05) is 37.4 Å². The number of ether oxygens (including phenoxy) is 1. The van der Waals surface area contributed by atoms with Crippen LogP contribution in [0, 0.1) is 17.8 Å². The molecule has 0 bridgehead atoms. The molecule has 5 atom stereocenters. The van der Waals surface area contributed by atoms with Gasteiger partial charge in [-0.3, -0.25) is 19.2 Å². The van der Waals surface area contributed by atoms with Gasteiger partial charge in [0.15, 0.2) is 0 Å². The van der Waals surface area contributed by atoms with Crippen LogP contribution in [0.15, 0.2) is 30.5 Å². The lowest BCUT2D eigenvalue weighted by atomic mass is 9.92. The molecule has 10 nitrogen and oxygen atoms in total. The van der Waals surface area contributed by atoms with Crippen molar-refractivity contribution in [2.24, 2.45) is 17.8 Å². The van der Waals surface area contributed by atoms with Gasteiger partial charge in [0.1, 0.15) is 12.1 Å². The lowest BCUT2D eigenvalue weighted by Gasteiger charge is -2.30. The number of aromatic amines is 1. The summed E-state index contributed by atoms with van der Waals surface area (Å²) in [4.78, 5) is 59.3. The van der Waals surface area contributed by atoms with Crippen molar-refractivity contribution < 1.29 is 23.9 Å². The molecule has 2 aromatic rings. The lowest BCUT2D eigenvalue weighted by Crippen LogP contribution is -2.55. The average Bonchev–Trinajstić information content (AvgIpc) is 3.58. The van der Waals surface area contributed by atoms with Gasteiger partial charge in [0.25, 0.3) is 0 Å². The van der Waals surface area contributed by atoms with Crippen molar-refractivity contribution in [3.63, 3.8) is 0 Å². The topological polar surface area (TPSA) is 133 Å². The van der Waals surface area contributed by atoms with E-state index in [0.29, 0.717) is 45.3 Å². The van der Waals surface area contributed by atoms with E-state index in [9.17, 15) is 19.2 Å². The van der Waals surface area contributed by atoms with Gasteiger partial charge in [0.2, 0.25) is 23.6 Å². The summed E-state index contributed by atoms with van der Waals surface area (Å²) in [6.07, 6.45) is 5.69. The van der Waals surface area contributed by atoms with Gasteiger partial charge in [-0.2, -0.15) is 0 Å². The zero-order valence-electron chi connectivity index (χ0n) is 25.0. The third-order valence-electron chi connectivity index (χ3n) is 9.19. The molecule has 0 radical (unpaired) electrons. The highest BCUT2D eigenvalue weighted by Gasteiger charge is 2.44. The van der Waals surface area contributed by atoms with Crippen molar-refractivity contribution >= 4 is 34.5 Å². The smallest absolute Gasteiger partial charge is 0.246 e. The Bertz CT molecular complexity index is 1290. The van der Waals surface area contributed by atoms with Crippen molar-refractivity contribution in [2.45, 2.75) is 89.9 Å². The molecule has 3 aliphatic heterocycles. The van der Waals surface area contributed by atoms with Gasteiger partial charge in [0.05, 0.1) is 0 Å². The van der Waals surface area contributed by atoms with Crippen molar-refractivity contribution in [2.75, 3.05) is 19.8 Å². The Morgan fingerprint density at radius 2 is 1.83 bits per heavy atom. The summed E-state index contributed by atoms with van der Waals surface area (Å²) in [5.41, 5.74) is 1.88. The Kier molecular flexibility index (Phi) is 9.50. The fourth-order valence-electron chi connectivity index (χ4n) is 6.62. The Morgan fingerprint density at radius 1 is 1.07 bits per heavy atom.